The lowest BCUT2D eigenvalue weighted by atomic mass is 10.1. The van der Waals surface area contributed by atoms with E-state index in [4.69, 9.17) is 0 Å². The first kappa shape index (κ1) is 19.7. The SMILES string of the molecule is Cc1ccc(O)c(C(=O)N[C@H]2CC(=O)N(Cc3ccc(C(F)(F)F)cc3)C2)c1. The van der Waals surface area contributed by atoms with Crippen molar-refractivity contribution in [2.45, 2.75) is 32.1 Å². The molecule has 148 valence electrons. The molecule has 8 heteroatoms. The van der Waals surface area contributed by atoms with Gasteiger partial charge in [0.25, 0.3) is 5.91 Å². The predicted octanol–water partition coefficient (Wildman–Crippen LogP) is 3.25. The van der Waals surface area contributed by atoms with Crippen molar-refractivity contribution >= 4 is 11.8 Å². The van der Waals surface area contributed by atoms with Crippen molar-refractivity contribution in [3.63, 3.8) is 0 Å². The van der Waals surface area contributed by atoms with Gasteiger partial charge in [-0.1, -0.05) is 23.8 Å². The molecule has 0 spiro atoms. The summed E-state index contributed by atoms with van der Waals surface area (Å²) in [6.07, 6.45) is -4.31. The number of aromatic hydroxyl groups is 1. The number of hydrogen-bond acceptors (Lipinski definition) is 3. The van der Waals surface area contributed by atoms with Crippen LogP contribution in [-0.2, 0) is 17.5 Å². The monoisotopic (exact) mass is 392 g/mol. The topological polar surface area (TPSA) is 69.6 Å². The van der Waals surface area contributed by atoms with Crippen LogP contribution < -0.4 is 5.32 Å². The molecule has 0 aliphatic carbocycles. The molecule has 0 radical (unpaired) electrons. The summed E-state index contributed by atoms with van der Waals surface area (Å²) in [5.41, 5.74) is 0.778. The van der Waals surface area contributed by atoms with E-state index in [9.17, 15) is 27.9 Å². The molecule has 1 atom stereocenters. The van der Waals surface area contributed by atoms with Gasteiger partial charge in [-0.2, -0.15) is 13.2 Å². The van der Waals surface area contributed by atoms with Gasteiger partial charge >= 0.3 is 6.18 Å². The molecule has 2 amide bonds. The molecule has 1 aliphatic rings. The maximum Gasteiger partial charge on any atom is 0.416 e. The Balaban J connectivity index is 1.62. The third kappa shape index (κ3) is 4.44. The van der Waals surface area contributed by atoms with E-state index in [1.165, 1.54) is 23.1 Å². The summed E-state index contributed by atoms with van der Waals surface area (Å²) in [6.45, 7) is 2.21. The number of amides is 2. The highest BCUT2D eigenvalue weighted by Crippen LogP contribution is 2.29. The van der Waals surface area contributed by atoms with Crippen LogP contribution in [0.25, 0.3) is 0 Å². The molecule has 3 rings (SSSR count). The second-order valence-corrected chi connectivity index (χ2v) is 6.86. The number of carbonyl (C=O) groups excluding carboxylic acids is 2. The third-order valence-corrected chi connectivity index (χ3v) is 4.60. The zero-order chi connectivity index (χ0) is 20.5. The first-order valence-electron chi connectivity index (χ1n) is 8.68. The van der Waals surface area contributed by atoms with Crippen LogP contribution in [0.15, 0.2) is 42.5 Å². The number of phenolic OH excluding ortho intramolecular Hbond substituents is 1. The Morgan fingerprint density at radius 3 is 2.54 bits per heavy atom. The second-order valence-electron chi connectivity index (χ2n) is 6.86. The molecule has 2 aromatic rings. The van der Waals surface area contributed by atoms with E-state index < -0.39 is 23.7 Å². The summed E-state index contributed by atoms with van der Waals surface area (Å²) in [5, 5.41) is 12.6. The molecule has 5 nitrogen and oxygen atoms in total. The van der Waals surface area contributed by atoms with Gasteiger partial charge in [0.05, 0.1) is 17.2 Å². The number of benzene rings is 2. The van der Waals surface area contributed by atoms with Crippen LogP contribution in [0.1, 0.15) is 33.5 Å². The van der Waals surface area contributed by atoms with E-state index in [0.717, 1.165) is 17.7 Å². The molecule has 1 fully saturated rings. The lowest BCUT2D eigenvalue weighted by Crippen LogP contribution is -2.37. The highest BCUT2D eigenvalue weighted by Gasteiger charge is 2.32. The number of likely N-dealkylation sites (tertiary alicyclic amines) is 1. The fourth-order valence-corrected chi connectivity index (χ4v) is 3.14. The smallest absolute Gasteiger partial charge is 0.416 e. The molecule has 1 aliphatic heterocycles. The highest BCUT2D eigenvalue weighted by molar-refractivity contribution is 5.97. The van der Waals surface area contributed by atoms with Crippen molar-refractivity contribution in [3.8, 4) is 5.75 Å². The van der Waals surface area contributed by atoms with Crippen LogP contribution in [0.5, 0.6) is 5.75 Å². The number of alkyl halides is 3. The van der Waals surface area contributed by atoms with Crippen LogP contribution >= 0.6 is 0 Å². The van der Waals surface area contributed by atoms with Crippen LogP contribution in [0, 0.1) is 6.92 Å². The minimum Gasteiger partial charge on any atom is -0.507 e. The van der Waals surface area contributed by atoms with Gasteiger partial charge in [0.2, 0.25) is 5.91 Å². The van der Waals surface area contributed by atoms with Gasteiger partial charge in [-0.25, -0.2) is 0 Å². The Hall–Kier alpha value is -3.03. The number of phenols is 1. The summed E-state index contributed by atoms with van der Waals surface area (Å²) in [5.74, 6) is -0.817. The zero-order valence-corrected chi connectivity index (χ0v) is 15.1. The van der Waals surface area contributed by atoms with E-state index >= 15 is 0 Å². The Labute approximate surface area is 159 Å². The lowest BCUT2D eigenvalue weighted by Gasteiger charge is -2.18. The summed E-state index contributed by atoms with van der Waals surface area (Å²) in [6, 6.07) is 8.87. The molecule has 2 N–H and O–H groups in total. The van der Waals surface area contributed by atoms with Crippen LogP contribution in [0.2, 0.25) is 0 Å². The summed E-state index contributed by atoms with van der Waals surface area (Å²) in [7, 11) is 0. The zero-order valence-electron chi connectivity index (χ0n) is 15.1. The minimum absolute atomic E-state index is 0.0962. The average Bonchev–Trinajstić information content (AvgIpc) is 2.95. The van der Waals surface area contributed by atoms with Crippen molar-refractivity contribution in [2.24, 2.45) is 0 Å². The average molecular weight is 392 g/mol. The summed E-state index contributed by atoms with van der Waals surface area (Å²) >= 11 is 0. The molecule has 28 heavy (non-hydrogen) atoms. The van der Waals surface area contributed by atoms with Crippen molar-refractivity contribution in [3.05, 3.63) is 64.7 Å². The lowest BCUT2D eigenvalue weighted by molar-refractivity contribution is -0.137. The highest BCUT2D eigenvalue weighted by atomic mass is 19.4. The van der Waals surface area contributed by atoms with Gasteiger partial charge in [0.1, 0.15) is 5.75 Å². The first-order chi connectivity index (χ1) is 13.1. The molecule has 0 unspecified atom stereocenters. The molecule has 0 bridgehead atoms. The maximum absolute atomic E-state index is 12.6. The van der Waals surface area contributed by atoms with E-state index in [-0.39, 0.29) is 36.7 Å². The Morgan fingerprint density at radius 2 is 1.89 bits per heavy atom. The largest absolute Gasteiger partial charge is 0.507 e. The number of halogens is 3. The van der Waals surface area contributed by atoms with Crippen LogP contribution in [0.3, 0.4) is 0 Å². The van der Waals surface area contributed by atoms with Gasteiger partial charge in [-0.3, -0.25) is 9.59 Å². The standard InChI is InChI=1S/C20H19F3N2O3/c1-12-2-7-17(26)16(8-12)19(28)24-15-9-18(27)25(11-15)10-13-3-5-14(6-4-13)20(21,22)23/h2-8,15,26H,9-11H2,1H3,(H,24,28)/t15-/m0/s1. The fourth-order valence-electron chi connectivity index (χ4n) is 3.14. The molecule has 0 aromatic heterocycles. The van der Waals surface area contributed by atoms with Crippen LogP contribution in [-0.4, -0.2) is 34.4 Å². The summed E-state index contributed by atoms with van der Waals surface area (Å²) in [4.78, 5) is 26.1. The third-order valence-electron chi connectivity index (χ3n) is 4.60. The van der Waals surface area contributed by atoms with Crippen molar-refractivity contribution in [1.29, 1.82) is 0 Å². The summed E-state index contributed by atoms with van der Waals surface area (Å²) < 4.78 is 37.9. The van der Waals surface area contributed by atoms with Gasteiger partial charge in [-0.15, -0.1) is 0 Å². The molecular weight excluding hydrogens is 373 g/mol. The van der Waals surface area contributed by atoms with E-state index in [2.05, 4.69) is 5.32 Å². The first-order valence-corrected chi connectivity index (χ1v) is 8.68. The fraction of sp³-hybridized carbons (Fsp3) is 0.300. The van der Waals surface area contributed by atoms with Gasteiger partial charge < -0.3 is 15.3 Å². The normalized spacial score (nSPS) is 17.1. The molecule has 1 saturated heterocycles. The minimum atomic E-state index is -4.40. The molecule has 0 saturated carbocycles. The number of carbonyl (C=O) groups is 2. The number of nitrogens with one attached hydrogen (secondary N) is 1. The maximum atomic E-state index is 12.6. The molecular formula is C20H19F3N2O3. The number of aryl methyl sites for hydroxylation is 1. The van der Waals surface area contributed by atoms with Gasteiger partial charge in [-0.05, 0) is 36.8 Å². The number of nitrogens with zero attached hydrogens (tertiary/aromatic N) is 1. The quantitative estimate of drug-likeness (QED) is 0.839. The van der Waals surface area contributed by atoms with Gasteiger partial charge in [0.15, 0.2) is 0 Å². The molecule has 2 aromatic carbocycles. The van der Waals surface area contributed by atoms with Gasteiger partial charge in [0, 0.05) is 19.5 Å². The van der Waals surface area contributed by atoms with E-state index in [0.29, 0.717) is 5.56 Å². The predicted molar refractivity (Wildman–Crippen MR) is 95.6 cm³/mol. The Kier molecular flexibility index (Phi) is 5.31. The Morgan fingerprint density at radius 1 is 1.21 bits per heavy atom. The van der Waals surface area contributed by atoms with Crippen LogP contribution in [0.4, 0.5) is 13.2 Å². The Bertz CT molecular complexity index is 895. The van der Waals surface area contributed by atoms with Crippen molar-refractivity contribution in [1.82, 2.24) is 10.2 Å². The van der Waals surface area contributed by atoms with E-state index in [1.807, 2.05) is 0 Å². The van der Waals surface area contributed by atoms with E-state index in [1.54, 1.807) is 19.1 Å². The number of hydrogen-bond donors (Lipinski definition) is 2. The number of rotatable bonds is 4. The van der Waals surface area contributed by atoms with Crippen molar-refractivity contribution in [2.75, 3.05) is 6.54 Å². The van der Waals surface area contributed by atoms with Crippen molar-refractivity contribution < 1.29 is 27.9 Å². The molecule has 1 heterocycles. The second kappa shape index (κ2) is 7.53.